The van der Waals surface area contributed by atoms with Gasteiger partial charge >= 0.3 is 0 Å². The molecule has 36 heavy (non-hydrogen) atoms. The lowest BCUT2D eigenvalue weighted by Gasteiger charge is -2.33. The summed E-state index contributed by atoms with van der Waals surface area (Å²) in [5.41, 5.74) is 1.33. The van der Waals surface area contributed by atoms with Crippen LogP contribution in [0, 0.1) is 9.39 Å². The molecule has 190 valence electrons. The summed E-state index contributed by atoms with van der Waals surface area (Å²) in [4.78, 5) is 28.0. The van der Waals surface area contributed by atoms with Crippen LogP contribution >= 0.6 is 22.6 Å². The first-order valence-corrected chi connectivity index (χ1v) is 14.0. The van der Waals surface area contributed by atoms with Gasteiger partial charge in [0.2, 0.25) is 21.8 Å². The fourth-order valence-electron chi connectivity index (χ4n) is 3.75. The van der Waals surface area contributed by atoms with E-state index in [1.165, 1.54) is 30.1 Å². The van der Waals surface area contributed by atoms with Crippen LogP contribution in [0.3, 0.4) is 0 Å². The molecule has 1 N–H and O–H groups in total. The Morgan fingerprint density at radius 2 is 1.58 bits per heavy atom. The van der Waals surface area contributed by atoms with E-state index < -0.39 is 40.2 Å². The van der Waals surface area contributed by atoms with Gasteiger partial charge in [-0.2, -0.15) is 0 Å². The highest BCUT2D eigenvalue weighted by atomic mass is 127. The number of sulfonamides is 1. The second-order valence-corrected chi connectivity index (χ2v) is 11.3. The van der Waals surface area contributed by atoms with Crippen molar-refractivity contribution in [1.82, 2.24) is 10.2 Å². The Balaban J connectivity index is 2.03. The summed E-state index contributed by atoms with van der Waals surface area (Å²) >= 11 is 2.10. The van der Waals surface area contributed by atoms with Crippen molar-refractivity contribution in [2.24, 2.45) is 0 Å². The van der Waals surface area contributed by atoms with Crippen LogP contribution in [0.2, 0.25) is 0 Å². The summed E-state index contributed by atoms with van der Waals surface area (Å²) in [6.07, 6.45) is 1.18. The quantitative estimate of drug-likeness (QED) is 0.350. The number of amides is 2. The van der Waals surface area contributed by atoms with E-state index in [-0.39, 0.29) is 18.5 Å². The molecular weight excluding hydrogens is 596 g/mol. The number of likely N-dealkylation sites (N-methyl/N-ethyl adjacent to an activating group) is 1. The molecule has 0 aliphatic heterocycles. The molecule has 7 nitrogen and oxygen atoms in total. The van der Waals surface area contributed by atoms with Gasteiger partial charge in [0, 0.05) is 29.1 Å². The Morgan fingerprint density at radius 1 is 0.972 bits per heavy atom. The fourth-order valence-corrected chi connectivity index (χ4v) is 4.96. The standard InChI is InChI=1S/C26H27FIN3O4S/c1-29-26(33)24(16-19-8-4-3-5-9-19)30(17-20-10-6-7-11-23(20)27)25(32)18-31(36(2,34)35)22-14-12-21(28)13-15-22/h3-15,24H,16-18H2,1-2H3,(H,29,33)/t24-/m1/s1. The van der Waals surface area contributed by atoms with Crippen molar-refractivity contribution in [2.45, 2.75) is 19.0 Å². The number of anilines is 1. The summed E-state index contributed by atoms with van der Waals surface area (Å²) < 4.78 is 41.8. The van der Waals surface area contributed by atoms with Gasteiger partial charge in [0.05, 0.1) is 11.9 Å². The van der Waals surface area contributed by atoms with Crippen molar-refractivity contribution in [1.29, 1.82) is 0 Å². The Hall–Kier alpha value is -2.99. The largest absolute Gasteiger partial charge is 0.357 e. The van der Waals surface area contributed by atoms with Gasteiger partial charge in [-0.15, -0.1) is 0 Å². The van der Waals surface area contributed by atoms with Gasteiger partial charge in [-0.05, 0) is 58.5 Å². The zero-order valence-corrected chi connectivity index (χ0v) is 22.9. The van der Waals surface area contributed by atoms with E-state index in [4.69, 9.17) is 0 Å². The van der Waals surface area contributed by atoms with E-state index in [0.717, 1.165) is 19.7 Å². The highest BCUT2D eigenvalue weighted by Crippen LogP contribution is 2.22. The highest BCUT2D eigenvalue weighted by Gasteiger charge is 2.33. The Labute approximate surface area is 224 Å². The lowest BCUT2D eigenvalue weighted by Crippen LogP contribution is -2.53. The molecule has 3 aromatic rings. The first-order chi connectivity index (χ1) is 17.1. The predicted molar refractivity (Wildman–Crippen MR) is 146 cm³/mol. The maximum absolute atomic E-state index is 14.6. The third-order valence-electron chi connectivity index (χ3n) is 5.61. The van der Waals surface area contributed by atoms with Crippen LogP contribution in [0.1, 0.15) is 11.1 Å². The van der Waals surface area contributed by atoms with Crippen LogP contribution in [0.4, 0.5) is 10.1 Å². The van der Waals surface area contributed by atoms with Gasteiger partial charge in [0.1, 0.15) is 18.4 Å². The van der Waals surface area contributed by atoms with Crippen LogP contribution in [0.25, 0.3) is 0 Å². The van der Waals surface area contributed by atoms with Gasteiger partial charge in [-0.25, -0.2) is 12.8 Å². The summed E-state index contributed by atoms with van der Waals surface area (Å²) in [5.74, 6) is -1.60. The van der Waals surface area contributed by atoms with E-state index in [2.05, 4.69) is 27.9 Å². The predicted octanol–water partition coefficient (Wildman–Crippen LogP) is 3.58. The lowest BCUT2D eigenvalue weighted by atomic mass is 10.0. The van der Waals surface area contributed by atoms with Gasteiger partial charge in [-0.3, -0.25) is 13.9 Å². The van der Waals surface area contributed by atoms with Crippen LogP contribution in [-0.4, -0.2) is 51.0 Å². The summed E-state index contributed by atoms with van der Waals surface area (Å²) in [7, 11) is -2.38. The zero-order chi connectivity index (χ0) is 26.3. The number of rotatable bonds is 10. The summed E-state index contributed by atoms with van der Waals surface area (Å²) in [6.45, 7) is -0.753. The van der Waals surface area contributed by atoms with Crippen molar-refractivity contribution < 1.29 is 22.4 Å². The Kier molecular flexibility index (Phi) is 9.43. The maximum atomic E-state index is 14.6. The monoisotopic (exact) mass is 623 g/mol. The molecule has 0 aliphatic rings. The number of carbonyl (C=O) groups is 2. The molecular formula is C26H27FIN3O4S. The third-order valence-corrected chi connectivity index (χ3v) is 7.47. The molecule has 0 spiro atoms. The van der Waals surface area contributed by atoms with Gasteiger partial charge in [0.25, 0.3) is 0 Å². The molecule has 0 saturated carbocycles. The van der Waals surface area contributed by atoms with Crippen LogP contribution in [0.5, 0.6) is 0 Å². The third kappa shape index (κ3) is 7.26. The number of halogens is 2. The summed E-state index contributed by atoms with van der Waals surface area (Å²) in [5, 5.41) is 2.58. The molecule has 3 aromatic carbocycles. The SMILES string of the molecule is CNC(=O)[C@@H](Cc1ccccc1)N(Cc1ccccc1F)C(=O)CN(c1ccc(I)cc1)S(C)(=O)=O. The molecule has 0 fully saturated rings. The van der Waals surface area contributed by atoms with E-state index in [1.807, 2.05) is 30.3 Å². The smallest absolute Gasteiger partial charge is 0.244 e. The van der Waals surface area contributed by atoms with Crippen molar-refractivity contribution in [3.8, 4) is 0 Å². The van der Waals surface area contributed by atoms with E-state index in [1.54, 1.807) is 30.3 Å². The molecule has 0 aromatic heterocycles. The van der Waals surface area contributed by atoms with Crippen LogP contribution in [-0.2, 0) is 32.6 Å². The number of hydrogen-bond donors (Lipinski definition) is 1. The maximum Gasteiger partial charge on any atom is 0.244 e. The normalized spacial score (nSPS) is 12.0. The molecule has 0 heterocycles. The number of carbonyl (C=O) groups excluding carboxylic acids is 2. The average Bonchev–Trinajstić information content (AvgIpc) is 2.85. The first-order valence-electron chi connectivity index (χ1n) is 11.1. The number of nitrogens with one attached hydrogen (secondary N) is 1. The molecule has 0 unspecified atom stereocenters. The molecule has 3 rings (SSSR count). The minimum absolute atomic E-state index is 0.170. The Bertz CT molecular complexity index is 1300. The average molecular weight is 623 g/mol. The first kappa shape index (κ1) is 27.6. The Morgan fingerprint density at radius 3 is 2.17 bits per heavy atom. The number of hydrogen-bond acceptors (Lipinski definition) is 4. The number of benzene rings is 3. The molecule has 1 atom stereocenters. The molecule has 0 aliphatic carbocycles. The van der Waals surface area contributed by atoms with Gasteiger partial charge in [-0.1, -0.05) is 48.5 Å². The number of nitrogens with zero attached hydrogens (tertiary/aromatic N) is 2. The van der Waals surface area contributed by atoms with E-state index in [9.17, 15) is 22.4 Å². The molecule has 0 radical (unpaired) electrons. The second kappa shape index (κ2) is 12.3. The van der Waals surface area contributed by atoms with Crippen molar-refractivity contribution in [3.63, 3.8) is 0 Å². The minimum Gasteiger partial charge on any atom is -0.357 e. The molecule has 0 bridgehead atoms. The van der Waals surface area contributed by atoms with Gasteiger partial charge in [0.15, 0.2) is 0 Å². The lowest BCUT2D eigenvalue weighted by molar-refractivity contribution is -0.139. The van der Waals surface area contributed by atoms with Gasteiger partial charge < -0.3 is 10.2 Å². The molecule has 10 heteroatoms. The second-order valence-electron chi connectivity index (χ2n) is 8.18. The van der Waals surface area contributed by atoms with Crippen molar-refractivity contribution >= 4 is 50.1 Å². The van der Waals surface area contributed by atoms with E-state index >= 15 is 0 Å². The highest BCUT2D eigenvalue weighted by molar-refractivity contribution is 14.1. The molecule has 2 amide bonds. The van der Waals surface area contributed by atoms with Crippen molar-refractivity contribution in [3.05, 3.63) is 99.4 Å². The van der Waals surface area contributed by atoms with E-state index in [0.29, 0.717) is 5.69 Å². The minimum atomic E-state index is -3.84. The fraction of sp³-hybridized carbons (Fsp3) is 0.231. The topological polar surface area (TPSA) is 86.8 Å². The van der Waals surface area contributed by atoms with Crippen LogP contribution in [0.15, 0.2) is 78.9 Å². The summed E-state index contributed by atoms with van der Waals surface area (Å²) in [6, 6.07) is 20.8. The van der Waals surface area contributed by atoms with Crippen LogP contribution < -0.4 is 9.62 Å². The zero-order valence-electron chi connectivity index (χ0n) is 19.9. The molecule has 0 saturated heterocycles. The van der Waals surface area contributed by atoms with Crippen molar-refractivity contribution in [2.75, 3.05) is 24.2 Å².